The highest BCUT2D eigenvalue weighted by Gasteiger charge is 2.44. The lowest BCUT2D eigenvalue weighted by Crippen LogP contribution is -2.34. The Morgan fingerprint density at radius 2 is 1.39 bits per heavy atom. The third kappa shape index (κ3) is 8.26. The van der Waals surface area contributed by atoms with Crippen LogP contribution in [0.3, 0.4) is 0 Å². The fourth-order valence-electron chi connectivity index (χ4n) is 7.63. The molecule has 0 spiro atoms. The van der Waals surface area contributed by atoms with Gasteiger partial charge < -0.3 is 25.1 Å². The minimum Gasteiger partial charge on any atom is -0.481 e. The normalized spacial score (nSPS) is 17.0. The molecule has 2 atom stereocenters. The van der Waals surface area contributed by atoms with Gasteiger partial charge in [-0.2, -0.15) is 0 Å². The molecule has 3 aromatic heterocycles. The number of aliphatic carboxylic acids is 2. The minimum atomic E-state index is -0.886. The number of carboxylic acid groups (broad SMARTS) is 2. The van der Waals surface area contributed by atoms with Gasteiger partial charge in [-0.3, -0.25) is 19.4 Å². The highest BCUT2D eigenvalue weighted by molar-refractivity contribution is 5.85. The van der Waals surface area contributed by atoms with Crippen LogP contribution < -0.4 is 0 Å². The molecule has 5 rings (SSSR count). The molecular formula is C41H53N5O5. The van der Waals surface area contributed by atoms with E-state index in [9.17, 15) is 24.6 Å². The van der Waals surface area contributed by atoms with Crippen LogP contribution in [0.15, 0.2) is 24.3 Å². The van der Waals surface area contributed by atoms with Crippen LogP contribution in [-0.2, 0) is 32.6 Å². The van der Waals surface area contributed by atoms with Crippen LogP contribution in [0.1, 0.15) is 130 Å². The first-order chi connectivity index (χ1) is 24.2. The molecule has 272 valence electrons. The van der Waals surface area contributed by atoms with E-state index in [0.29, 0.717) is 19.3 Å². The smallest absolute Gasteiger partial charge is 0.303 e. The zero-order valence-electron chi connectivity index (χ0n) is 31.2. The first kappa shape index (κ1) is 37.5. The van der Waals surface area contributed by atoms with Crippen LogP contribution in [0.2, 0.25) is 0 Å². The average Bonchev–Trinajstić information content (AvgIpc) is 3.72. The predicted molar refractivity (Wildman–Crippen MR) is 203 cm³/mol. The summed E-state index contributed by atoms with van der Waals surface area (Å²) in [5.74, 6) is -1.74. The lowest BCUT2D eigenvalue weighted by Gasteiger charge is -2.32. The zero-order valence-corrected chi connectivity index (χ0v) is 31.2. The molecule has 0 radical (unpaired) electrons. The van der Waals surface area contributed by atoms with E-state index in [1.54, 1.807) is 19.0 Å². The summed E-state index contributed by atoms with van der Waals surface area (Å²) in [6.45, 7) is 10.4. The van der Waals surface area contributed by atoms with E-state index in [1.165, 1.54) is 19.3 Å². The van der Waals surface area contributed by atoms with Crippen molar-refractivity contribution in [2.75, 3.05) is 14.1 Å². The molecule has 51 heavy (non-hydrogen) atoms. The Morgan fingerprint density at radius 1 is 0.804 bits per heavy atom. The number of fused-ring (bicyclic) bond motifs is 8. The molecule has 0 saturated carbocycles. The summed E-state index contributed by atoms with van der Waals surface area (Å²) in [5, 5.41) is 19.2. The Balaban J connectivity index is 1.85. The van der Waals surface area contributed by atoms with E-state index < -0.39 is 17.4 Å². The van der Waals surface area contributed by atoms with Crippen molar-refractivity contribution in [3.63, 3.8) is 0 Å². The van der Waals surface area contributed by atoms with Crippen LogP contribution in [0.4, 0.5) is 0 Å². The molecule has 0 saturated heterocycles. The number of aromatic nitrogens is 4. The lowest BCUT2D eigenvalue weighted by molar-refractivity contribution is -0.138. The standard InChI is InChI=1S/C41H53N5O5/c1-8-9-10-11-12-13-30-36-20-31-24(2)18-27(42-31)19-32-25(3)28(14-16-39(48)49)34(43-32)21-35-29(15-17-40(50)51)26(4)33(44-35)22-37(45-36)41(30,5)23-38(47)46(6)7/h18-22,30,43-44H,8-17,23H2,1-7H3,(H,48,49)(H,50,51)/t30-,41-/m1/s1. The molecule has 2 aliphatic heterocycles. The minimum absolute atomic E-state index is 0.00847. The Labute approximate surface area is 300 Å². The Morgan fingerprint density at radius 3 is 1.96 bits per heavy atom. The Kier molecular flexibility index (Phi) is 11.5. The molecule has 0 fully saturated rings. The van der Waals surface area contributed by atoms with E-state index in [2.05, 4.69) is 42.0 Å². The lowest BCUT2D eigenvalue weighted by atomic mass is 9.70. The maximum absolute atomic E-state index is 13.5. The summed E-state index contributed by atoms with van der Waals surface area (Å²) in [5.41, 5.74) is 10.6. The number of nitrogens with zero attached hydrogens (tertiary/aromatic N) is 3. The van der Waals surface area contributed by atoms with Crippen LogP contribution in [0, 0.1) is 13.8 Å². The van der Waals surface area contributed by atoms with Crippen LogP contribution in [0.5, 0.6) is 0 Å². The van der Waals surface area contributed by atoms with Gasteiger partial charge in [0, 0.05) is 78.1 Å². The van der Waals surface area contributed by atoms with Crippen molar-refractivity contribution >= 4 is 51.6 Å². The molecule has 5 heterocycles. The second kappa shape index (κ2) is 15.7. The van der Waals surface area contributed by atoms with Gasteiger partial charge in [0.25, 0.3) is 0 Å². The molecule has 8 bridgehead atoms. The number of hydrogen-bond donors (Lipinski definition) is 4. The van der Waals surface area contributed by atoms with E-state index >= 15 is 0 Å². The van der Waals surface area contributed by atoms with Crippen LogP contribution in [-0.4, -0.2) is 67.0 Å². The summed E-state index contributed by atoms with van der Waals surface area (Å²) in [6, 6.07) is 8.12. The van der Waals surface area contributed by atoms with E-state index in [4.69, 9.17) is 9.97 Å². The number of amides is 1. The molecule has 3 aromatic rings. The quantitative estimate of drug-likeness (QED) is 0.124. The molecule has 0 unspecified atom stereocenters. The molecular weight excluding hydrogens is 642 g/mol. The van der Waals surface area contributed by atoms with Gasteiger partial charge in [-0.1, -0.05) is 46.0 Å². The van der Waals surface area contributed by atoms with Crippen molar-refractivity contribution in [3.05, 3.63) is 69.3 Å². The number of rotatable bonds is 14. The van der Waals surface area contributed by atoms with Gasteiger partial charge in [-0.25, -0.2) is 4.98 Å². The first-order valence-corrected chi connectivity index (χ1v) is 18.3. The summed E-state index contributed by atoms with van der Waals surface area (Å²) in [6.07, 6.45) is 9.51. The molecule has 2 aliphatic rings. The predicted octanol–water partition coefficient (Wildman–Crippen LogP) is 8.41. The highest BCUT2D eigenvalue weighted by atomic mass is 16.4. The van der Waals surface area contributed by atoms with Crippen molar-refractivity contribution in [1.29, 1.82) is 0 Å². The Bertz CT molecular complexity index is 2020. The van der Waals surface area contributed by atoms with Crippen LogP contribution in [0.25, 0.3) is 33.7 Å². The number of aromatic amines is 2. The van der Waals surface area contributed by atoms with Crippen molar-refractivity contribution in [3.8, 4) is 0 Å². The molecule has 1 amide bonds. The zero-order chi connectivity index (χ0) is 37.0. The van der Waals surface area contributed by atoms with Gasteiger partial charge in [0.1, 0.15) is 0 Å². The number of hydrogen-bond acceptors (Lipinski definition) is 5. The molecule has 0 aliphatic carbocycles. The molecule has 10 heteroatoms. The number of nitrogens with one attached hydrogen (secondary N) is 2. The summed E-state index contributed by atoms with van der Waals surface area (Å²) in [7, 11) is 3.58. The summed E-state index contributed by atoms with van der Waals surface area (Å²) >= 11 is 0. The van der Waals surface area contributed by atoms with Gasteiger partial charge in [0.05, 0.1) is 11.4 Å². The summed E-state index contributed by atoms with van der Waals surface area (Å²) in [4.78, 5) is 56.1. The van der Waals surface area contributed by atoms with Crippen molar-refractivity contribution in [1.82, 2.24) is 24.8 Å². The number of carbonyl (C=O) groups is 3. The number of unbranched alkanes of at least 4 members (excludes halogenated alkanes) is 4. The van der Waals surface area contributed by atoms with Gasteiger partial charge in [-0.05, 0) is 98.2 Å². The van der Waals surface area contributed by atoms with E-state index in [0.717, 1.165) is 91.9 Å². The second-order valence-electron chi connectivity index (χ2n) is 14.8. The largest absolute Gasteiger partial charge is 0.481 e. The first-order valence-electron chi connectivity index (χ1n) is 18.3. The van der Waals surface area contributed by atoms with Gasteiger partial charge in [0.2, 0.25) is 5.91 Å². The maximum Gasteiger partial charge on any atom is 0.303 e. The fourth-order valence-corrected chi connectivity index (χ4v) is 7.63. The molecule has 4 N–H and O–H groups in total. The van der Waals surface area contributed by atoms with Crippen molar-refractivity contribution < 1.29 is 24.6 Å². The Hall–Kier alpha value is -4.73. The van der Waals surface area contributed by atoms with Gasteiger partial charge in [-0.15, -0.1) is 0 Å². The molecule has 0 aromatic carbocycles. The van der Waals surface area contributed by atoms with Crippen molar-refractivity contribution in [2.24, 2.45) is 0 Å². The van der Waals surface area contributed by atoms with Gasteiger partial charge in [0.15, 0.2) is 0 Å². The maximum atomic E-state index is 13.5. The third-order valence-corrected chi connectivity index (χ3v) is 10.8. The SMILES string of the molecule is CCCCCCC[C@@H]1c2cc3nc(cc4[nH]c(cc5[nH]c(cc(n2)[C@]1(C)CC(=O)N(C)C)c(C)c5CCC(=O)O)c(CCC(=O)O)c4C)C=C3C. The van der Waals surface area contributed by atoms with Crippen molar-refractivity contribution in [2.45, 2.75) is 117 Å². The average molecular weight is 696 g/mol. The second-order valence-corrected chi connectivity index (χ2v) is 14.8. The number of carbonyl (C=O) groups excluding carboxylic acids is 1. The fraction of sp³-hybridized carbons (Fsp3) is 0.488. The summed E-state index contributed by atoms with van der Waals surface area (Å²) < 4.78 is 0. The van der Waals surface area contributed by atoms with E-state index in [-0.39, 0.29) is 24.7 Å². The van der Waals surface area contributed by atoms with Crippen LogP contribution >= 0.6 is 0 Å². The molecule has 10 nitrogen and oxygen atoms in total. The third-order valence-electron chi connectivity index (χ3n) is 10.8. The monoisotopic (exact) mass is 695 g/mol. The topological polar surface area (TPSA) is 152 Å². The number of H-pyrrole nitrogens is 2. The number of aryl methyl sites for hydroxylation is 4. The number of allylic oxidation sites excluding steroid dienone is 1. The van der Waals surface area contributed by atoms with E-state index in [1.807, 2.05) is 32.9 Å². The highest BCUT2D eigenvalue weighted by Crippen LogP contribution is 2.48. The number of carboxylic acids is 2. The van der Waals surface area contributed by atoms with Gasteiger partial charge >= 0.3 is 11.9 Å².